The Kier molecular flexibility index (Phi) is 4.55. The van der Waals surface area contributed by atoms with E-state index in [1.165, 1.54) is 6.07 Å². The van der Waals surface area contributed by atoms with E-state index in [2.05, 4.69) is 22.4 Å². The average Bonchev–Trinajstić information content (AvgIpc) is 2.41. The summed E-state index contributed by atoms with van der Waals surface area (Å²) >= 11 is 4.45. The predicted octanol–water partition coefficient (Wildman–Crippen LogP) is 3.43. The highest BCUT2D eigenvalue weighted by Crippen LogP contribution is 2.27. The first kappa shape index (κ1) is 13.3. The van der Waals surface area contributed by atoms with E-state index in [-0.39, 0.29) is 17.9 Å². The Labute approximate surface area is 111 Å². The van der Waals surface area contributed by atoms with Crippen molar-refractivity contribution in [2.24, 2.45) is 4.99 Å². The molecule has 5 heteroatoms. The maximum Gasteiger partial charge on any atom is 0.157 e. The minimum Gasteiger partial charge on any atom is -0.352 e. The van der Waals surface area contributed by atoms with Crippen LogP contribution in [0, 0.1) is 5.82 Å². The molecule has 0 atom stereocenters. The summed E-state index contributed by atoms with van der Waals surface area (Å²) in [6, 6.07) is 4.86. The number of thiocarbonyl (C=S) groups is 1. The zero-order chi connectivity index (χ0) is 13.0. The average molecular weight is 267 g/mol. The molecule has 18 heavy (non-hydrogen) atoms. The van der Waals surface area contributed by atoms with Gasteiger partial charge in [-0.15, -0.1) is 0 Å². The van der Waals surface area contributed by atoms with Crippen molar-refractivity contribution in [2.45, 2.75) is 25.6 Å². The second-order valence-corrected chi connectivity index (χ2v) is 4.30. The topological polar surface area (TPSA) is 30.8 Å². The molecule has 0 N–H and O–H groups in total. The van der Waals surface area contributed by atoms with Crippen LogP contribution in [0.15, 0.2) is 23.2 Å². The Morgan fingerprint density at radius 2 is 2.17 bits per heavy atom. The smallest absolute Gasteiger partial charge is 0.157 e. The third-order valence-corrected chi connectivity index (χ3v) is 3.00. The molecule has 1 aliphatic rings. The van der Waals surface area contributed by atoms with Gasteiger partial charge in [-0.25, -0.2) is 4.39 Å². The molecule has 1 fully saturated rings. The molecule has 1 heterocycles. The number of aliphatic imine (C=N–C) groups is 1. The molecule has 0 aliphatic carbocycles. The van der Waals surface area contributed by atoms with E-state index in [9.17, 15) is 4.39 Å². The highest BCUT2D eigenvalue weighted by Gasteiger charge is 2.22. The first-order chi connectivity index (χ1) is 8.74. The molecular weight excluding hydrogens is 253 g/mol. The highest BCUT2D eigenvalue weighted by atomic mass is 32.1. The van der Waals surface area contributed by atoms with Gasteiger partial charge in [-0.1, -0.05) is 13.0 Å². The van der Waals surface area contributed by atoms with Crippen LogP contribution in [-0.2, 0) is 9.47 Å². The fourth-order valence-corrected chi connectivity index (χ4v) is 1.99. The summed E-state index contributed by atoms with van der Waals surface area (Å²) in [5.74, 6) is -0.338. The van der Waals surface area contributed by atoms with Gasteiger partial charge in [0.2, 0.25) is 0 Å². The summed E-state index contributed by atoms with van der Waals surface area (Å²) in [5, 5.41) is 2.16. The largest absolute Gasteiger partial charge is 0.352 e. The van der Waals surface area contributed by atoms with Gasteiger partial charge in [-0.2, -0.15) is 4.99 Å². The predicted molar refractivity (Wildman–Crippen MR) is 69.8 cm³/mol. The number of hydrogen-bond donors (Lipinski definition) is 0. The Morgan fingerprint density at radius 1 is 1.44 bits per heavy atom. The molecule has 0 radical (unpaired) electrons. The first-order valence-corrected chi connectivity index (χ1v) is 6.26. The molecule has 0 spiro atoms. The zero-order valence-corrected chi connectivity index (χ0v) is 10.9. The number of rotatable bonds is 3. The van der Waals surface area contributed by atoms with Gasteiger partial charge >= 0.3 is 0 Å². The third-order valence-electron chi connectivity index (χ3n) is 2.91. The second kappa shape index (κ2) is 6.16. The highest BCUT2D eigenvalue weighted by molar-refractivity contribution is 7.78. The van der Waals surface area contributed by atoms with Crippen molar-refractivity contribution in [3.8, 4) is 0 Å². The minimum absolute atomic E-state index is 0.0628. The van der Waals surface area contributed by atoms with E-state index in [1.807, 2.05) is 13.0 Å². The van der Waals surface area contributed by atoms with Crippen molar-refractivity contribution in [1.82, 2.24) is 0 Å². The van der Waals surface area contributed by atoms with Crippen LogP contribution in [0.2, 0.25) is 0 Å². The van der Waals surface area contributed by atoms with E-state index < -0.39 is 5.82 Å². The molecule has 1 saturated heterocycles. The number of benzene rings is 1. The standard InChI is InChI=1S/C13H14FNO2S/c1-2-13-16-6-10(7-17-13)9-3-4-12(15-8-18)11(14)5-9/h3-5,10,13H,2,6-7H2,1H3. The molecule has 0 aromatic heterocycles. The van der Waals surface area contributed by atoms with Crippen molar-refractivity contribution in [1.29, 1.82) is 0 Å². The molecule has 0 bridgehead atoms. The van der Waals surface area contributed by atoms with E-state index >= 15 is 0 Å². The van der Waals surface area contributed by atoms with E-state index in [0.29, 0.717) is 13.2 Å². The Hall–Kier alpha value is -1.13. The van der Waals surface area contributed by atoms with Crippen molar-refractivity contribution in [3.63, 3.8) is 0 Å². The normalized spacial score (nSPS) is 23.4. The lowest BCUT2D eigenvalue weighted by Crippen LogP contribution is -2.30. The SMILES string of the molecule is CCC1OCC(c2ccc(N=C=S)c(F)c2)CO1. The van der Waals surface area contributed by atoms with Gasteiger partial charge in [0.15, 0.2) is 6.29 Å². The van der Waals surface area contributed by atoms with Gasteiger partial charge in [0.25, 0.3) is 0 Å². The van der Waals surface area contributed by atoms with Crippen LogP contribution in [0.5, 0.6) is 0 Å². The molecule has 0 saturated carbocycles. The lowest BCUT2D eigenvalue weighted by molar-refractivity contribution is -0.187. The van der Waals surface area contributed by atoms with E-state index in [4.69, 9.17) is 9.47 Å². The summed E-state index contributed by atoms with van der Waals surface area (Å²) in [7, 11) is 0. The van der Waals surface area contributed by atoms with Crippen molar-refractivity contribution < 1.29 is 13.9 Å². The minimum atomic E-state index is -0.400. The number of ether oxygens (including phenoxy) is 2. The van der Waals surface area contributed by atoms with Crippen LogP contribution in [0.4, 0.5) is 10.1 Å². The zero-order valence-electron chi connectivity index (χ0n) is 10.1. The summed E-state index contributed by atoms with van der Waals surface area (Å²) in [5.41, 5.74) is 1.06. The van der Waals surface area contributed by atoms with Crippen molar-refractivity contribution in [3.05, 3.63) is 29.6 Å². The number of nitrogens with zero attached hydrogens (tertiary/aromatic N) is 1. The van der Waals surface area contributed by atoms with Gasteiger partial charge in [-0.3, -0.25) is 0 Å². The van der Waals surface area contributed by atoms with Crippen LogP contribution < -0.4 is 0 Å². The lowest BCUT2D eigenvalue weighted by atomic mass is 9.99. The Bertz CT molecular complexity index is 466. The summed E-state index contributed by atoms with van der Waals surface area (Å²) in [4.78, 5) is 3.65. The fourth-order valence-electron chi connectivity index (χ4n) is 1.89. The molecule has 1 aliphatic heterocycles. The number of isothiocyanates is 1. The Balaban J connectivity index is 2.10. The van der Waals surface area contributed by atoms with Gasteiger partial charge in [0, 0.05) is 5.92 Å². The summed E-state index contributed by atoms with van der Waals surface area (Å²) in [6.07, 6.45) is 0.688. The monoisotopic (exact) mass is 267 g/mol. The molecule has 2 rings (SSSR count). The van der Waals surface area contributed by atoms with Gasteiger partial charge in [0.05, 0.1) is 18.4 Å². The van der Waals surface area contributed by atoms with Crippen LogP contribution >= 0.6 is 12.2 Å². The van der Waals surface area contributed by atoms with Crippen LogP contribution in [0.1, 0.15) is 24.8 Å². The molecule has 0 unspecified atom stereocenters. The first-order valence-electron chi connectivity index (χ1n) is 5.85. The fraction of sp³-hybridized carbons (Fsp3) is 0.462. The van der Waals surface area contributed by atoms with Crippen LogP contribution in [-0.4, -0.2) is 24.7 Å². The molecule has 1 aromatic carbocycles. The summed E-state index contributed by atoms with van der Waals surface area (Å²) < 4.78 is 24.7. The quantitative estimate of drug-likeness (QED) is 0.621. The van der Waals surface area contributed by atoms with Crippen molar-refractivity contribution in [2.75, 3.05) is 13.2 Å². The maximum atomic E-state index is 13.7. The van der Waals surface area contributed by atoms with Gasteiger partial charge < -0.3 is 9.47 Å². The molecule has 96 valence electrons. The number of hydrogen-bond acceptors (Lipinski definition) is 4. The van der Waals surface area contributed by atoms with Crippen molar-refractivity contribution >= 4 is 23.1 Å². The Morgan fingerprint density at radius 3 is 2.72 bits per heavy atom. The van der Waals surface area contributed by atoms with E-state index in [0.717, 1.165) is 12.0 Å². The molecule has 1 aromatic rings. The molecule has 0 amide bonds. The summed E-state index contributed by atoms with van der Waals surface area (Å²) in [6.45, 7) is 3.10. The molecule has 3 nitrogen and oxygen atoms in total. The van der Waals surface area contributed by atoms with Gasteiger partial charge in [0.1, 0.15) is 11.5 Å². The van der Waals surface area contributed by atoms with Gasteiger partial charge in [-0.05, 0) is 36.3 Å². The second-order valence-electron chi connectivity index (χ2n) is 4.12. The van der Waals surface area contributed by atoms with E-state index in [1.54, 1.807) is 6.07 Å². The maximum absolute atomic E-state index is 13.7. The van der Waals surface area contributed by atoms with Crippen LogP contribution in [0.25, 0.3) is 0 Å². The van der Waals surface area contributed by atoms with Crippen LogP contribution in [0.3, 0.4) is 0 Å². The number of halogens is 1. The lowest BCUT2D eigenvalue weighted by Gasteiger charge is -2.29. The molecular formula is C13H14FNO2S. The third kappa shape index (κ3) is 3.00.